The number of aromatic nitrogens is 3. The summed E-state index contributed by atoms with van der Waals surface area (Å²) in [6, 6.07) is 0. The molecule has 1 heterocycles. The van der Waals surface area contributed by atoms with Gasteiger partial charge in [-0.05, 0) is 6.92 Å². The van der Waals surface area contributed by atoms with Crippen LogP contribution < -0.4 is 11.3 Å². The van der Waals surface area contributed by atoms with E-state index >= 15 is 0 Å². The monoisotopic (exact) mass is 126 g/mol. The summed E-state index contributed by atoms with van der Waals surface area (Å²) in [4.78, 5) is 12.9. The Hall–Kier alpha value is -1.39. The fraction of sp³-hybridized carbons (Fsp3) is 0.250. The van der Waals surface area contributed by atoms with Crippen LogP contribution in [0.3, 0.4) is 0 Å². The summed E-state index contributed by atoms with van der Waals surface area (Å²) in [5, 5.41) is 6.87. The van der Waals surface area contributed by atoms with Crippen LogP contribution in [-0.4, -0.2) is 15.2 Å². The summed E-state index contributed by atoms with van der Waals surface area (Å²) in [5.74, 6) is 0.0469. The molecule has 5 heteroatoms. The van der Waals surface area contributed by atoms with Crippen molar-refractivity contribution in [1.29, 1.82) is 0 Å². The van der Waals surface area contributed by atoms with Crippen molar-refractivity contribution in [1.82, 2.24) is 15.2 Å². The van der Waals surface area contributed by atoms with Crippen molar-refractivity contribution >= 4 is 5.95 Å². The first kappa shape index (κ1) is 5.74. The molecule has 0 saturated heterocycles. The molecule has 1 aromatic rings. The van der Waals surface area contributed by atoms with E-state index in [1.165, 1.54) is 0 Å². The third-order valence-electron chi connectivity index (χ3n) is 0.878. The lowest BCUT2D eigenvalue weighted by Gasteiger charge is -1.88. The van der Waals surface area contributed by atoms with Gasteiger partial charge in [0.15, 0.2) is 0 Å². The van der Waals surface area contributed by atoms with E-state index in [-0.39, 0.29) is 11.5 Å². The number of aryl methyl sites for hydroxylation is 1. The SMILES string of the molecule is Cc1nnc(N)[nH]c1=O. The van der Waals surface area contributed by atoms with Crippen LogP contribution in [-0.2, 0) is 0 Å². The summed E-state index contributed by atoms with van der Waals surface area (Å²) in [6.07, 6.45) is 0. The Balaban J connectivity index is 3.34. The fourth-order valence-corrected chi connectivity index (χ4v) is 0.406. The largest absolute Gasteiger partial charge is 0.368 e. The molecule has 0 unspecified atom stereocenters. The zero-order valence-electron chi connectivity index (χ0n) is 4.88. The summed E-state index contributed by atoms with van der Waals surface area (Å²) >= 11 is 0. The second kappa shape index (κ2) is 1.85. The molecule has 1 rings (SSSR count). The lowest BCUT2D eigenvalue weighted by Crippen LogP contribution is -2.15. The van der Waals surface area contributed by atoms with Gasteiger partial charge in [0.1, 0.15) is 5.69 Å². The summed E-state index contributed by atoms with van der Waals surface area (Å²) in [6.45, 7) is 1.56. The van der Waals surface area contributed by atoms with Crippen LogP contribution >= 0.6 is 0 Å². The van der Waals surface area contributed by atoms with Crippen LogP contribution in [0.2, 0.25) is 0 Å². The highest BCUT2D eigenvalue weighted by Crippen LogP contribution is 1.79. The minimum Gasteiger partial charge on any atom is -0.368 e. The number of rotatable bonds is 0. The number of nitrogens with two attached hydrogens (primary N) is 1. The summed E-state index contributed by atoms with van der Waals surface area (Å²) < 4.78 is 0. The van der Waals surface area contributed by atoms with Gasteiger partial charge in [-0.25, -0.2) is 0 Å². The van der Waals surface area contributed by atoms with Crippen LogP contribution in [0.4, 0.5) is 5.95 Å². The maximum absolute atomic E-state index is 10.6. The van der Waals surface area contributed by atoms with Crippen LogP contribution in [0.5, 0.6) is 0 Å². The second-order valence-corrected chi connectivity index (χ2v) is 1.62. The molecule has 0 aliphatic rings. The van der Waals surface area contributed by atoms with Gasteiger partial charge in [0, 0.05) is 0 Å². The molecule has 0 saturated carbocycles. The highest BCUT2D eigenvalue weighted by atomic mass is 16.1. The van der Waals surface area contributed by atoms with Gasteiger partial charge in [-0.2, -0.15) is 0 Å². The standard InChI is InChI=1S/C4H6N4O/c1-2-3(9)6-4(5)8-7-2/h1H3,(H3,5,6,8,9). The Morgan fingerprint density at radius 3 is 2.67 bits per heavy atom. The van der Waals surface area contributed by atoms with Gasteiger partial charge in [-0.15, -0.1) is 10.2 Å². The van der Waals surface area contributed by atoms with Crippen LogP contribution in [0.1, 0.15) is 5.69 Å². The quantitative estimate of drug-likeness (QED) is 0.469. The molecule has 0 radical (unpaired) electrons. The average Bonchev–Trinajstić information content (AvgIpc) is 1.80. The van der Waals surface area contributed by atoms with E-state index in [0.29, 0.717) is 5.69 Å². The number of anilines is 1. The van der Waals surface area contributed by atoms with Gasteiger partial charge < -0.3 is 5.73 Å². The Bertz CT molecular complexity index is 266. The van der Waals surface area contributed by atoms with E-state index in [1.807, 2.05) is 0 Å². The van der Waals surface area contributed by atoms with E-state index in [0.717, 1.165) is 0 Å². The topological polar surface area (TPSA) is 84.7 Å². The maximum Gasteiger partial charge on any atom is 0.273 e. The Labute approximate surface area is 50.9 Å². The van der Waals surface area contributed by atoms with Gasteiger partial charge in [0.2, 0.25) is 5.95 Å². The van der Waals surface area contributed by atoms with E-state index in [1.54, 1.807) is 6.92 Å². The zero-order valence-corrected chi connectivity index (χ0v) is 4.88. The molecule has 0 spiro atoms. The van der Waals surface area contributed by atoms with Crippen molar-refractivity contribution in [3.63, 3.8) is 0 Å². The number of hydrogen-bond donors (Lipinski definition) is 2. The molecule has 9 heavy (non-hydrogen) atoms. The number of hydrogen-bond acceptors (Lipinski definition) is 4. The minimum atomic E-state index is -0.289. The summed E-state index contributed by atoms with van der Waals surface area (Å²) in [7, 11) is 0. The van der Waals surface area contributed by atoms with Crippen molar-refractivity contribution in [2.24, 2.45) is 0 Å². The predicted molar refractivity (Wildman–Crippen MR) is 31.8 cm³/mol. The molecule has 0 aromatic carbocycles. The van der Waals surface area contributed by atoms with Crippen molar-refractivity contribution in [2.75, 3.05) is 5.73 Å². The van der Waals surface area contributed by atoms with Crippen LogP contribution in [0, 0.1) is 6.92 Å². The second-order valence-electron chi connectivity index (χ2n) is 1.62. The first-order valence-electron chi connectivity index (χ1n) is 2.39. The van der Waals surface area contributed by atoms with Crippen LogP contribution in [0.25, 0.3) is 0 Å². The number of aromatic amines is 1. The number of nitrogens with zero attached hydrogens (tertiary/aromatic N) is 2. The van der Waals surface area contributed by atoms with Gasteiger partial charge >= 0.3 is 0 Å². The highest BCUT2D eigenvalue weighted by molar-refractivity contribution is 5.10. The molecule has 0 amide bonds. The molecule has 5 nitrogen and oxygen atoms in total. The normalized spacial score (nSPS) is 9.44. The highest BCUT2D eigenvalue weighted by Gasteiger charge is 1.92. The zero-order chi connectivity index (χ0) is 6.85. The lowest BCUT2D eigenvalue weighted by atomic mass is 10.5. The Morgan fingerprint density at radius 1 is 1.56 bits per heavy atom. The molecular weight excluding hydrogens is 120 g/mol. The van der Waals surface area contributed by atoms with Gasteiger partial charge in [-0.3, -0.25) is 9.78 Å². The molecule has 3 N–H and O–H groups in total. The third-order valence-corrected chi connectivity index (χ3v) is 0.878. The van der Waals surface area contributed by atoms with E-state index in [9.17, 15) is 4.79 Å². The average molecular weight is 126 g/mol. The Kier molecular flexibility index (Phi) is 1.18. The smallest absolute Gasteiger partial charge is 0.273 e. The predicted octanol–water partition coefficient (Wildman–Crippen LogP) is -0.944. The molecule has 0 bridgehead atoms. The van der Waals surface area contributed by atoms with E-state index in [4.69, 9.17) is 5.73 Å². The first-order chi connectivity index (χ1) is 4.20. The minimum absolute atomic E-state index is 0.0469. The van der Waals surface area contributed by atoms with Gasteiger partial charge in [-0.1, -0.05) is 0 Å². The maximum atomic E-state index is 10.6. The van der Waals surface area contributed by atoms with Crippen molar-refractivity contribution in [2.45, 2.75) is 6.92 Å². The number of H-pyrrole nitrogens is 1. The van der Waals surface area contributed by atoms with Gasteiger partial charge in [0.05, 0.1) is 0 Å². The molecule has 0 aliphatic carbocycles. The fourth-order valence-electron chi connectivity index (χ4n) is 0.406. The molecule has 48 valence electrons. The number of nitrogen functional groups attached to an aromatic ring is 1. The molecule has 0 aliphatic heterocycles. The lowest BCUT2D eigenvalue weighted by molar-refractivity contribution is 0.913. The molecule has 0 fully saturated rings. The third kappa shape index (κ3) is 1.04. The molecule has 1 aromatic heterocycles. The number of nitrogens with one attached hydrogen (secondary N) is 1. The van der Waals surface area contributed by atoms with Crippen molar-refractivity contribution in [3.8, 4) is 0 Å². The summed E-state index contributed by atoms with van der Waals surface area (Å²) in [5.41, 5.74) is 5.13. The van der Waals surface area contributed by atoms with Crippen molar-refractivity contribution < 1.29 is 0 Å². The van der Waals surface area contributed by atoms with E-state index in [2.05, 4.69) is 15.2 Å². The van der Waals surface area contributed by atoms with Gasteiger partial charge in [0.25, 0.3) is 5.56 Å². The molecular formula is C4H6N4O. The first-order valence-corrected chi connectivity index (χ1v) is 2.39. The Morgan fingerprint density at radius 2 is 2.22 bits per heavy atom. The van der Waals surface area contributed by atoms with E-state index < -0.39 is 0 Å². The van der Waals surface area contributed by atoms with Crippen molar-refractivity contribution in [3.05, 3.63) is 16.0 Å². The molecule has 0 atom stereocenters. The van der Waals surface area contributed by atoms with Crippen LogP contribution in [0.15, 0.2) is 4.79 Å².